The SMILES string of the molecule is CNC(=O)c1c[nH]c(-c2cc(Oc3ccc(CC(=O)Cc4cccc(C)c4)cc3)ccn2)c1. The van der Waals surface area contributed by atoms with Crippen molar-refractivity contribution in [3.8, 4) is 22.9 Å². The minimum Gasteiger partial charge on any atom is -0.457 e. The van der Waals surface area contributed by atoms with Gasteiger partial charge in [-0.25, -0.2) is 0 Å². The third-order valence-corrected chi connectivity index (χ3v) is 5.22. The second-order valence-electron chi connectivity index (χ2n) is 7.89. The van der Waals surface area contributed by atoms with Gasteiger partial charge in [-0.1, -0.05) is 42.0 Å². The van der Waals surface area contributed by atoms with Crippen LogP contribution in [0.3, 0.4) is 0 Å². The summed E-state index contributed by atoms with van der Waals surface area (Å²) < 4.78 is 5.97. The van der Waals surface area contributed by atoms with E-state index >= 15 is 0 Å². The highest BCUT2D eigenvalue weighted by molar-refractivity contribution is 5.95. The number of aryl methyl sites for hydroxylation is 1. The number of ether oxygens (including phenoxy) is 1. The number of hydrogen-bond donors (Lipinski definition) is 2. The molecule has 4 aromatic rings. The van der Waals surface area contributed by atoms with E-state index in [0.29, 0.717) is 35.6 Å². The van der Waals surface area contributed by atoms with Crippen molar-refractivity contribution in [2.24, 2.45) is 0 Å². The second kappa shape index (κ2) is 9.96. The number of H-pyrrole nitrogens is 1. The van der Waals surface area contributed by atoms with Gasteiger partial charge in [0, 0.05) is 38.3 Å². The Hall–Kier alpha value is -4.19. The second-order valence-corrected chi connectivity index (χ2v) is 7.89. The fourth-order valence-corrected chi connectivity index (χ4v) is 3.59. The van der Waals surface area contributed by atoms with Crippen LogP contribution in [-0.2, 0) is 17.6 Å². The van der Waals surface area contributed by atoms with Crippen LogP contribution < -0.4 is 10.1 Å². The number of hydrogen-bond acceptors (Lipinski definition) is 4. The van der Waals surface area contributed by atoms with Crippen LogP contribution in [0.4, 0.5) is 0 Å². The molecule has 166 valence electrons. The molecule has 0 saturated heterocycles. The quantitative estimate of drug-likeness (QED) is 0.409. The largest absolute Gasteiger partial charge is 0.457 e. The predicted molar refractivity (Wildman–Crippen MR) is 128 cm³/mol. The molecule has 6 heteroatoms. The average molecular weight is 440 g/mol. The Kier molecular flexibility index (Phi) is 6.64. The summed E-state index contributed by atoms with van der Waals surface area (Å²) >= 11 is 0. The lowest BCUT2D eigenvalue weighted by molar-refractivity contribution is -0.117. The number of ketones is 1. The van der Waals surface area contributed by atoms with Crippen molar-refractivity contribution in [1.29, 1.82) is 0 Å². The van der Waals surface area contributed by atoms with Gasteiger partial charge < -0.3 is 15.0 Å². The first-order valence-electron chi connectivity index (χ1n) is 10.7. The molecule has 0 spiro atoms. The minimum absolute atomic E-state index is 0.164. The Balaban J connectivity index is 1.39. The van der Waals surface area contributed by atoms with Gasteiger partial charge in [-0.15, -0.1) is 0 Å². The number of benzene rings is 2. The third kappa shape index (κ3) is 5.74. The number of nitrogens with one attached hydrogen (secondary N) is 2. The maximum atomic E-state index is 12.4. The number of rotatable bonds is 8. The summed E-state index contributed by atoms with van der Waals surface area (Å²) in [6.07, 6.45) is 4.11. The molecule has 0 fully saturated rings. The lowest BCUT2D eigenvalue weighted by Crippen LogP contribution is -2.16. The highest BCUT2D eigenvalue weighted by Gasteiger charge is 2.10. The van der Waals surface area contributed by atoms with Crippen molar-refractivity contribution in [2.45, 2.75) is 19.8 Å². The molecule has 0 aliphatic rings. The summed E-state index contributed by atoms with van der Waals surface area (Å²) in [7, 11) is 1.59. The van der Waals surface area contributed by atoms with Gasteiger partial charge in [-0.2, -0.15) is 0 Å². The number of pyridine rings is 1. The number of Topliss-reactive ketones (excluding diaryl/α,β-unsaturated/α-hetero) is 1. The van der Waals surface area contributed by atoms with Crippen molar-refractivity contribution in [3.63, 3.8) is 0 Å². The summed E-state index contributed by atoms with van der Waals surface area (Å²) in [5.74, 6) is 1.30. The van der Waals surface area contributed by atoms with Gasteiger partial charge in [0.2, 0.25) is 0 Å². The van der Waals surface area contributed by atoms with Gasteiger partial charge in [0.15, 0.2) is 0 Å². The van der Waals surface area contributed by atoms with Crippen molar-refractivity contribution >= 4 is 11.7 Å². The molecule has 6 nitrogen and oxygen atoms in total. The lowest BCUT2D eigenvalue weighted by atomic mass is 10.0. The predicted octanol–water partition coefficient (Wildman–Crippen LogP) is 4.89. The molecule has 33 heavy (non-hydrogen) atoms. The highest BCUT2D eigenvalue weighted by atomic mass is 16.5. The molecule has 0 bridgehead atoms. The van der Waals surface area contributed by atoms with E-state index in [1.54, 1.807) is 37.6 Å². The maximum absolute atomic E-state index is 12.4. The van der Waals surface area contributed by atoms with E-state index in [4.69, 9.17) is 4.74 Å². The van der Waals surface area contributed by atoms with Crippen LogP contribution in [0.15, 0.2) is 79.1 Å². The number of aromatic amines is 1. The molecule has 0 aliphatic heterocycles. The minimum atomic E-state index is -0.164. The van der Waals surface area contributed by atoms with Crippen molar-refractivity contribution < 1.29 is 14.3 Å². The molecule has 0 radical (unpaired) electrons. The van der Waals surface area contributed by atoms with Crippen LogP contribution in [0, 0.1) is 6.92 Å². The van der Waals surface area contributed by atoms with Crippen LogP contribution in [0.1, 0.15) is 27.0 Å². The first kappa shape index (κ1) is 22.0. The summed E-state index contributed by atoms with van der Waals surface area (Å²) in [6, 6.07) is 20.9. The van der Waals surface area contributed by atoms with Crippen LogP contribution in [0.25, 0.3) is 11.4 Å². The molecule has 2 aromatic heterocycles. The van der Waals surface area contributed by atoms with E-state index in [1.807, 2.05) is 55.5 Å². The molecule has 2 aromatic carbocycles. The Morgan fingerprint density at radius 2 is 1.73 bits per heavy atom. The molecular formula is C27H25N3O3. The van der Waals surface area contributed by atoms with Crippen molar-refractivity contribution in [1.82, 2.24) is 15.3 Å². The summed E-state index contributed by atoms with van der Waals surface area (Å²) in [5.41, 5.74) is 5.07. The zero-order valence-electron chi connectivity index (χ0n) is 18.6. The lowest BCUT2D eigenvalue weighted by Gasteiger charge is -2.08. The topological polar surface area (TPSA) is 84.1 Å². The molecule has 0 aliphatic carbocycles. The van der Waals surface area contributed by atoms with Gasteiger partial charge in [0.05, 0.1) is 17.0 Å². The molecule has 0 saturated carbocycles. The van der Waals surface area contributed by atoms with Crippen LogP contribution in [0.5, 0.6) is 11.5 Å². The number of carbonyl (C=O) groups is 2. The zero-order valence-corrected chi connectivity index (χ0v) is 18.6. The maximum Gasteiger partial charge on any atom is 0.252 e. The average Bonchev–Trinajstić information content (AvgIpc) is 3.30. The van der Waals surface area contributed by atoms with Crippen LogP contribution in [-0.4, -0.2) is 28.7 Å². The smallest absolute Gasteiger partial charge is 0.252 e. The zero-order chi connectivity index (χ0) is 23.2. The van der Waals surface area contributed by atoms with Crippen LogP contribution >= 0.6 is 0 Å². The molecule has 2 heterocycles. The Labute approximate surface area is 192 Å². The molecular weight excluding hydrogens is 414 g/mol. The summed E-state index contributed by atoms with van der Waals surface area (Å²) in [6.45, 7) is 2.03. The Morgan fingerprint density at radius 3 is 2.48 bits per heavy atom. The summed E-state index contributed by atoms with van der Waals surface area (Å²) in [5, 5.41) is 2.60. The van der Waals surface area contributed by atoms with Crippen LogP contribution in [0.2, 0.25) is 0 Å². The standard InChI is InChI=1S/C27H25N3O3/c1-18-4-3-5-20(12-18)14-22(31)13-19-6-8-23(9-7-19)33-24-10-11-29-26(16-24)25-15-21(17-30-25)27(32)28-2/h3-12,15-17,30H,13-14H2,1-2H3,(H,28,32). The van der Waals surface area contributed by atoms with Gasteiger partial charge in [-0.05, 0) is 42.3 Å². The van der Waals surface area contributed by atoms with E-state index in [2.05, 4.69) is 15.3 Å². The number of carbonyl (C=O) groups excluding carboxylic acids is 2. The first-order valence-corrected chi connectivity index (χ1v) is 10.7. The molecule has 1 amide bonds. The van der Waals surface area contributed by atoms with E-state index < -0.39 is 0 Å². The van der Waals surface area contributed by atoms with Gasteiger partial charge in [0.1, 0.15) is 17.3 Å². The number of aromatic nitrogens is 2. The monoisotopic (exact) mass is 439 g/mol. The van der Waals surface area contributed by atoms with E-state index in [1.165, 1.54) is 0 Å². The molecule has 4 rings (SSSR count). The van der Waals surface area contributed by atoms with E-state index in [-0.39, 0.29) is 11.7 Å². The molecule has 0 atom stereocenters. The Bertz CT molecular complexity index is 1280. The summed E-state index contributed by atoms with van der Waals surface area (Å²) in [4.78, 5) is 31.6. The van der Waals surface area contributed by atoms with E-state index in [9.17, 15) is 9.59 Å². The molecule has 0 unspecified atom stereocenters. The van der Waals surface area contributed by atoms with E-state index in [0.717, 1.165) is 22.4 Å². The van der Waals surface area contributed by atoms with Gasteiger partial charge in [-0.3, -0.25) is 14.6 Å². The fourth-order valence-electron chi connectivity index (χ4n) is 3.59. The highest BCUT2D eigenvalue weighted by Crippen LogP contribution is 2.26. The van der Waals surface area contributed by atoms with Gasteiger partial charge in [0.25, 0.3) is 5.91 Å². The van der Waals surface area contributed by atoms with Gasteiger partial charge >= 0.3 is 0 Å². The number of amides is 1. The Morgan fingerprint density at radius 1 is 0.939 bits per heavy atom. The fraction of sp³-hybridized carbons (Fsp3) is 0.148. The third-order valence-electron chi connectivity index (χ3n) is 5.22. The van der Waals surface area contributed by atoms with Crippen molar-refractivity contribution in [2.75, 3.05) is 7.05 Å². The molecule has 2 N–H and O–H groups in total. The van der Waals surface area contributed by atoms with Crippen molar-refractivity contribution in [3.05, 3.63) is 101 Å². The normalized spacial score (nSPS) is 10.6. The number of nitrogens with zero attached hydrogens (tertiary/aromatic N) is 1. The first-order chi connectivity index (χ1) is 16.0.